The Kier molecular flexibility index (Phi) is 4.17. The summed E-state index contributed by atoms with van der Waals surface area (Å²) in [5.74, 6) is 1.42. The highest BCUT2D eigenvalue weighted by molar-refractivity contribution is 6.39. The summed E-state index contributed by atoms with van der Waals surface area (Å²) in [6, 6.07) is 0. The van der Waals surface area contributed by atoms with Crippen LogP contribution in [0.15, 0.2) is 0 Å². The second kappa shape index (κ2) is 4.67. The summed E-state index contributed by atoms with van der Waals surface area (Å²) in [6.45, 7) is 13.9. The summed E-state index contributed by atoms with van der Waals surface area (Å²) >= 11 is 0. The molecule has 0 spiro atoms. The van der Waals surface area contributed by atoms with E-state index in [4.69, 9.17) is 15.7 Å². The molecule has 1 saturated carbocycles. The topological polar surface area (TPSA) is 0 Å². The summed E-state index contributed by atoms with van der Waals surface area (Å²) in [6.07, 6.45) is 4.74. The van der Waals surface area contributed by atoms with E-state index in [2.05, 4.69) is 34.6 Å². The van der Waals surface area contributed by atoms with Crippen LogP contribution in [0, 0.1) is 22.7 Å². The van der Waals surface area contributed by atoms with Crippen LogP contribution in [-0.4, -0.2) is 15.7 Å². The maximum Gasteiger partial charge on any atom is 0.0617 e. The van der Waals surface area contributed by atoms with E-state index >= 15 is 0 Å². The molecule has 0 bridgehead atoms. The second-order valence-electron chi connectivity index (χ2n) is 7.43. The van der Waals surface area contributed by atoms with Crippen molar-refractivity contribution in [2.45, 2.75) is 72.4 Å². The van der Waals surface area contributed by atoms with Gasteiger partial charge in [0.1, 0.15) is 0 Å². The lowest BCUT2D eigenvalue weighted by Gasteiger charge is -2.46. The fourth-order valence-corrected chi connectivity index (χ4v) is 3.96. The van der Waals surface area contributed by atoms with E-state index in [0.717, 1.165) is 12.3 Å². The molecule has 94 valence electrons. The number of rotatable bonds is 4. The summed E-state index contributed by atoms with van der Waals surface area (Å²) in [5, 5.41) is -0.528. The zero-order valence-electron chi connectivity index (χ0n) is 12.6. The zero-order chi connectivity index (χ0) is 13.5. The Bertz CT molecular complexity index is 265. The fourth-order valence-electron chi connectivity index (χ4n) is 3.96. The molecule has 3 unspecified atom stereocenters. The molecule has 1 rings (SSSR count). The zero-order valence-corrected chi connectivity index (χ0v) is 12.6. The average molecular weight is 230 g/mol. The van der Waals surface area contributed by atoms with Gasteiger partial charge in [0.15, 0.2) is 0 Å². The van der Waals surface area contributed by atoms with Gasteiger partial charge in [-0.3, -0.25) is 0 Å². The molecule has 0 saturated heterocycles. The quantitative estimate of drug-likeness (QED) is 0.630. The molecular weight excluding hydrogens is 202 g/mol. The van der Waals surface area contributed by atoms with Gasteiger partial charge in [0, 0.05) is 0 Å². The van der Waals surface area contributed by atoms with Gasteiger partial charge in [0.05, 0.1) is 15.7 Å². The van der Waals surface area contributed by atoms with E-state index in [1.165, 1.54) is 19.3 Å². The molecular formula is C15H28B2. The van der Waals surface area contributed by atoms with Crippen molar-refractivity contribution in [1.82, 2.24) is 0 Å². The van der Waals surface area contributed by atoms with Crippen molar-refractivity contribution >= 4 is 15.7 Å². The Morgan fingerprint density at radius 1 is 1.24 bits per heavy atom. The van der Waals surface area contributed by atoms with Crippen molar-refractivity contribution < 1.29 is 0 Å². The molecule has 0 aromatic rings. The first-order valence-electron chi connectivity index (χ1n) is 7.12. The molecule has 3 atom stereocenters. The molecule has 0 amide bonds. The predicted molar refractivity (Wildman–Crippen MR) is 78.6 cm³/mol. The fraction of sp³-hybridized carbons (Fsp3) is 1.00. The van der Waals surface area contributed by atoms with Gasteiger partial charge in [-0.05, 0) is 35.5 Å². The maximum absolute atomic E-state index is 6.04. The molecule has 0 aromatic heterocycles. The van der Waals surface area contributed by atoms with Crippen LogP contribution in [0.4, 0.5) is 0 Å². The van der Waals surface area contributed by atoms with Gasteiger partial charge < -0.3 is 0 Å². The first-order chi connectivity index (χ1) is 7.54. The molecule has 0 N–H and O–H groups in total. The van der Waals surface area contributed by atoms with E-state index in [-0.39, 0.29) is 0 Å². The van der Waals surface area contributed by atoms with E-state index in [1.807, 2.05) is 6.92 Å². The third kappa shape index (κ3) is 2.76. The highest BCUT2D eigenvalue weighted by atomic mass is 14.6. The monoisotopic (exact) mass is 230 g/mol. The van der Waals surface area contributed by atoms with E-state index < -0.39 is 5.21 Å². The van der Waals surface area contributed by atoms with E-state index in [1.54, 1.807) is 0 Å². The first-order valence-corrected chi connectivity index (χ1v) is 7.12. The van der Waals surface area contributed by atoms with Gasteiger partial charge in [0.25, 0.3) is 0 Å². The molecule has 0 heterocycles. The first kappa shape index (κ1) is 15.2. The predicted octanol–water partition coefficient (Wildman–Crippen LogP) is 4.34. The molecule has 0 nitrogen and oxygen atoms in total. The lowest BCUT2D eigenvalue weighted by atomic mass is 9.49. The Hall–Kier alpha value is 0.130. The molecule has 0 aromatic carbocycles. The smallest absolute Gasteiger partial charge is 0.0617 e. The van der Waals surface area contributed by atoms with Gasteiger partial charge in [-0.2, -0.15) is 0 Å². The van der Waals surface area contributed by atoms with Crippen LogP contribution in [0.1, 0.15) is 67.2 Å². The largest absolute Gasteiger partial charge is 0.101 e. The second-order valence-corrected chi connectivity index (χ2v) is 7.43. The van der Waals surface area contributed by atoms with Gasteiger partial charge in [-0.15, -0.1) is 5.21 Å². The van der Waals surface area contributed by atoms with Gasteiger partial charge in [-0.1, -0.05) is 54.4 Å². The standard InChI is InChI=1S/C15H28B2/c1-7-8-14(5)12(10-15(6,16)17)9-11(2)13(14,3)4/h11-12H,7-10H2,1-6H3. The van der Waals surface area contributed by atoms with E-state index in [9.17, 15) is 0 Å². The lowest BCUT2D eigenvalue weighted by molar-refractivity contribution is 0.0466. The Labute approximate surface area is 111 Å². The summed E-state index contributed by atoms with van der Waals surface area (Å²) < 4.78 is 0. The van der Waals surface area contributed by atoms with Gasteiger partial charge >= 0.3 is 0 Å². The normalized spacial score (nSPS) is 37.3. The van der Waals surface area contributed by atoms with Crippen molar-refractivity contribution in [2.24, 2.45) is 22.7 Å². The van der Waals surface area contributed by atoms with Crippen molar-refractivity contribution in [1.29, 1.82) is 0 Å². The minimum Gasteiger partial charge on any atom is -0.101 e. The van der Waals surface area contributed by atoms with Crippen molar-refractivity contribution in [3.05, 3.63) is 0 Å². The van der Waals surface area contributed by atoms with Crippen LogP contribution < -0.4 is 0 Å². The molecule has 0 aliphatic heterocycles. The number of hydrogen-bond donors (Lipinski definition) is 0. The maximum atomic E-state index is 6.04. The van der Waals surface area contributed by atoms with Crippen LogP contribution >= 0.6 is 0 Å². The van der Waals surface area contributed by atoms with Crippen LogP contribution in [-0.2, 0) is 0 Å². The minimum absolute atomic E-state index is 0.376. The Morgan fingerprint density at radius 2 is 1.76 bits per heavy atom. The third-order valence-electron chi connectivity index (χ3n) is 5.70. The Morgan fingerprint density at radius 3 is 2.18 bits per heavy atom. The molecule has 1 aliphatic rings. The minimum atomic E-state index is -0.528. The van der Waals surface area contributed by atoms with E-state index in [0.29, 0.717) is 16.7 Å². The summed E-state index contributed by atoms with van der Waals surface area (Å²) in [4.78, 5) is 0. The Balaban J connectivity index is 2.98. The molecule has 1 aliphatic carbocycles. The summed E-state index contributed by atoms with van der Waals surface area (Å²) in [5.41, 5.74) is 0.764. The molecule has 17 heavy (non-hydrogen) atoms. The number of hydrogen-bond acceptors (Lipinski definition) is 0. The van der Waals surface area contributed by atoms with Crippen LogP contribution in [0.25, 0.3) is 0 Å². The van der Waals surface area contributed by atoms with Gasteiger partial charge in [-0.25, -0.2) is 0 Å². The lowest BCUT2D eigenvalue weighted by Crippen LogP contribution is -2.38. The highest BCUT2D eigenvalue weighted by Gasteiger charge is 2.54. The van der Waals surface area contributed by atoms with Crippen molar-refractivity contribution in [3.63, 3.8) is 0 Å². The molecule has 4 radical (unpaired) electrons. The molecule has 2 heteroatoms. The third-order valence-corrected chi connectivity index (χ3v) is 5.70. The molecule has 1 fully saturated rings. The van der Waals surface area contributed by atoms with Crippen LogP contribution in [0.3, 0.4) is 0 Å². The van der Waals surface area contributed by atoms with Crippen molar-refractivity contribution in [3.8, 4) is 0 Å². The summed E-state index contributed by atoms with van der Waals surface area (Å²) in [7, 11) is 12.1. The SMILES string of the molecule is [B]C([B])(C)CC1CC(C)C(C)(C)C1(C)CCC. The van der Waals surface area contributed by atoms with Gasteiger partial charge in [0.2, 0.25) is 0 Å². The van der Waals surface area contributed by atoms with Crippen molar-refractivity contribution in [2.75, 3.05) is 0 Å². The van der Waals surface area contributed by atoms with Crippen LogP contribution in [0.2, 0.25) is 5.21 Å². The van der Waals surface area contributed by atoms with Crippen LogP contribution in [0.5, 0.6) is 0 Å². The highest BCUT2D eigenvalue weighted by Crippen LogP contribution is 2.63. The average Bonchev–Trinajstić information content (AvgIpc) is 2.27.